The molecule has 0 spiro atoms. The summed E-state index contributed by atoms with van der Waals surface area (Å²) in [4.78, 5) is 16.1. The minimum atomic E-state index is -3.30. The van der Waals surface area contributed by atoms with Gasteiger partial charge in [0, 0.05) is 12.2 Å². The van der Waals surface area contributed by atoms with E-state index in [4.69, 9.17) is 0 Å². The van der Waals surface area contributed by atoms with Crippen LogP contribution < -0.4 is 5.32 Å². The second kappa shape index (κ2) is 4.70. The molecule has 2 aliphatic rings. The van der Waals surface area contributed by atoms with Crippen LogP contribution in [0, 0.1) is 17.8 Å². The third-order valence-corrected chi connectivity index (χ3v) is 5.00. The smallest absolute Gasteiger partial charge is 0.228 e. The van der Waals surface area contributed by atoms with Crippen LogP contribution in [0.15, 0.2) is 35.5 Å². The summed E-state index contributed by atoms with van der Waals surface area (Å²) < 4.78 is 22.6. The molecule has 20 heavy (non-hydrogen) atoms. The average Bonchev–Trinajstić information content (AvgIpc) is 3.00. The van der Waals surface area contributed by atoms with E-state index in [1.165, 1.54) is 12.3 Å². The van der Waals surface area contributed by atoms with Crippen LogP contribution in [0.25, 0.3) is 0 Å². The van der Waals surface area contributed by atoms with Crippen LogP contribution in [0.3, 0.4) is 0 Å². The molecule has 3 atom stereocenters. The molecule has 2 aliphatic carbocycles. The summed E-state index contributed by atoms with van der Waals surface area (Å²) in [7, 11) is -3.30. The van der Waals surface area contributed by atoms with Gasteiger partial charge in [-0.2, -0.15) is 0 Å². The lowest BCUT2D eigenvalue weighted by Gasteiger charge is -2.17. The van der Waals surface area contributed by atoms with Gasteiger partial charge < -0.3 is 5.32 Å². The summed E-state index contributed by atoms with van der Waals surface area (Å²) in [6.45, 7) is 0. The zero-order valence-electron chi connectivity index (χ0n) is 11.1. The van der Waals surface area contributed by atoms with Gasteiger partial charge in [-0.15, -0.1) is 0 Å². The zero-order chi connectivity index (χ0) is 14.3. The summed E-state index contributed by atoms with van der Waals surface area (Å²) in [5.74, 6) is 0.917. The maximum absolute atomic E-state index is 12.2. The highest BCUT2D eigenvalue weighted by atomic mass is 32.2. The van der Waals surface area contributed by atoms with Gasteiger partial charge in [-0.25, -0.2) is 13.4 Å². The number of hydrogen-bond acceptors (Lipinski definition) is 4. The van der Waals surface area contributed by atoms with Crippen LogP contribution >= 0.6 is 0 Å². The molecule has 1 aromatic rings. The van der Waals surface area contributed by atoms with Crippen molar-refractivity contribution in [3.05, 3.63) is 30.5 Å². The number of pyridine rings is 1. The number of allylic oxidation sites excluding steroid dienone is 2. The molecule has 1 heterocycles. The molecule has 6 heteroatoms. The van der Waals surface area contributed by atoms with Crippen molar-refractivity contribution in [2.24, 2.45) is 17.8 Å². The molecule has 1 saturated carbocycles. The number of aromatic nitrogens is 1. The van der Waals surface area contributed by atoms with Crippen molar-refractivity contribution in [2.75, 3.05) is 11.6 Å². The summed E-state index contributed by atoms with van der Waals surface area (Å²) in [6, 6.07) is 2.98. The van der Waals surface area contributed by atoms with Gasteiger partial charge in [-0.05, 0) is 36.8 Å². The molecule has 1 aromatic heterocycles. The second-order valence-electron chi connectivity index (χ2n) is 5.53. The van der Waals surface area contributed by atoms with Crippen LogP contribution in [-0.4, -0.2) is 25.6 Å². The molecule has 5 nitrogen and oxygen atoms in total. The summed E-state index contributed by atoms with van der Waals surface area (Å²) in [6.07, 6.45) is 8.79. The van der Waals surface area contributed by atoms with Gasteiger partial charge in [0.2, 0.25) is 5.91 Å². The van der Waals surface area contributed by atoms with Crippen molar-refractivity contribution in [1.82, 2.24) is 4.98 Å². The lowest BCUT2D eigenvalue weighted by atomic mass is 9.93. The van der Waals surface area contributed by atoms with Crippen LogP contribution in [0.2, 0.25) is 0 Å². The van der Waals surface area contributed by atoms with Gasteiger partial charge in [0.15, 0.2) is 14.9 Å². The molecule has 3 rings (SSSR count). The fraction of sp³-hybridized carbons (Fsp3) is 0.429. The summed E-state index contributed by atoms with van der Waals surface area (Å²) in [5.41, 5.74) is 0.536. The first-order valence-corrected chi connectivity index (χ1v) is 8.48. The van der Waals surface area contributed by atoms with E-state index in [1.807, 2.05) is 0 Å². The van der Waals surface area contributed by atoms with Crippen molar-refractivity contribution in [3.8, 4) is 0 Å². The first kappa shape index (κ1) is 13.3. The Bertz CT molecular complexity index is 664. The molecule has 1 fully saturated rings. The number of sulfone groups is 1. The normalized spacial score (nSPS) is 27.8. The van der Waals surface area contributed by atoms with Gasteiger partial charge >= 0.3 is 0 Å². The average molecular weight is 292 g/mol. The second-order valence-corrected chi connectivity index (χ2v) is 7.50. The number of carbonyl (C=O) groups excluding carboxylic acids is 1. The Morgan fingerprint density at radius 1 is 1.30 bits per heavy atom. The van der Waals surface area contributed by atoms with Gasteiger partial charge in [-0.3, -0.25) is 4.79 Å². The monoisotopic (exact) mass is 292 g/mol. The number of anilines is 1. The van der Waals surface area contributed by atoms with Gasteiger partial charge in [0.05, 0.1) is 11.9 Å². The predicted octanol–water partition coefficient (Wildman–Crippen LogP) is 1.64. The minimum Gasteiger partial charge on any atom is -0.324 e. The minimum absolute atomic E-state index is 0.00393. The van der Waals surface area contributed by atoms with Crippen LogP contribution in [0.4, 0.5) is 5.69 Å². The molecule has 1 amide bonds. The fourth-order valence-electron chi connectivity index (χ4n) is 2.99. The molecular weight excluding hydrogens is 276 g/mol. The van der Waals surface area contributed by atoms with E-state index in [0.717, 1.165) is 19.1 Å². The van der Waals surface area contributed by atoms with Crippen LogP contribution in [0.5, 0.6) is 0 Å². The van der Waals surface area contributed by atoms with E-state index in [2.05, 4.69) is 22.5 Å². The Balaban J connectivity index is 1.69. The molecule has 106 valence electrons. The topological polar surface area (TPSA) is 76.1 Å². The first-order valence-electron chi connectivity index (χ1n) is 6.59. The third kappa shape index (κ3) is 2.47. The highest BCUT2D eigenvalue weighted by Crippen LogP contribution is 2.43. The van der Waals surface area contributed by atoms with Gasteiger partial charge in [-0.1, -0.05) is 12.2 Å². The number of rotatable bonds is 3. The van der Waals surface area contributed by atoms with Crippen molar-refractivity contribution < 1.29 is 13.2 Å². The van der Waals surface area contributed by atoms with E-state index in [-0.39, 0.29) is 16.9 Å². The van der Waals surface area contributed by atoms with Gasteiger partial charge in [0.1, 0.15) is 0 Å². The predicted molar refractivity (Wildman–Crippen MR) is 74.8 cm³/mol. The number of amides is 1. The Hall–Kier alpha value is -1.69. The molecule has 0 aromatic carbocycles. The lowest BCUT2D eigenvalue weighted by Crippen LogP contribution is -2.26. The van der Waals surface area contributed by atoms with E-state index >= 15 is 0 Å². The highest BCUT2D eigenvalue weighted by Gasteiger charge is 2.39. The molecule has 1 N–H and O–H groups in total. The molecule has 0 unspecified atom stereocenters. The number of nitrogens with zero attached hydrogens (tertiary/aromatic N) is 1. The number of nitrogens with one attached hydrogen (secondary N) is 1. The SMILES string of the molecule is CS(=O)(=O)c1ccc(NC(=O)[C@H]2C[C@H]3C=C[C@H]2C3)cn1. The zero-order valence-corrected chi connectivity index (χ0v) is 11.9. The maximum atomic E-state index is 12.2. The standard InChI is InChI=1S/C14H16N2O3S/c1-20(18,19)13-5-4-11(8-15-13)16-14(17)12-7-9-2-3-10(12)6-9/h2-5,8-10,12H,6-7H2,1H3,(H,16,17)/t9-,10-,12-/m0/s1. The molecule has 0 saturated heterocycles. The third-order valence-electron chi connectivity index (χ3n) is 4.00. The van der Waals surface area contributed by atoms with Crippen molar-refractivity contribution >= 4 is 21.4 Å². The maximum Gasteiger partial charge on any atom is 0.228 e. The van der Waals surface area contributed by atoms with E-state index < -0.39 is 9.84 Å². The quantitative estimate of drug-likeness (QED) is 0.859. The Kier molecular flexibility index (Phi) is 3.12. The first-order chi connectivity index (χ1) is 9.43. The Morgan fingerprint density at radius 2 is 2.10 bits per heavy atom. The molecule has 0 radical (unpaired) electrons. The van der Waals surface area contributed by atoms with E-state index in [9.17, 15) is 13.2 Å². The number of hydrogen-bond donors (Lipinski definition) is 1. The lowest BCUT2D eigenvalue weighted by molar-refractivity contribution is -0.120. The fourth-order valence-corrected chi connectivity index (χ4v) is 3.55. The number of carbonyl (C=O) groups is 1. The molecular formula is C14H16N2O3S. The van der Waals surface area contributed by atoms with Crippen LogP contribution in [-0.2, 0) is 14.6 Å². The van der Waals surface area contributed by atoms with Crippen molar-refractivity contribution in [2.45, 2.75) is 17.9 Å². The summed E-state index contributed by atoms with van der Waals surface area (Å²) >= 11 is 0. The highest BCUT2D eigenvalue weighted by molar-refractivity contribution is 7.90. The summed E-state index contributed by atoms with van der Waals surface area (Å²) in [5, 5.41) is 2.83. The Morgan fingerprint density at radius 3 is 2.60 bits per heavy atom. The largest absolute Gasteiger partial charge is 0.324 e. The van der Waals surface area contributed by atoms with Gasteiger partial charge in [0.25, 0.3) is 0 Å². The van der Waals surface area contributed by atoms with Crippen molar-refractivity contribution in [3.63, 3.8) is 0 Å². The van der Waals surface area contributed by atoms with E-state index in [1.54, 1.807) is 6.07 Å². The Labute approximate surface area is 118 Å². The van der Waals surface area contributed by atoms with Crippen molar-refractivity contribution in [1.29, 1.82) is 0 Å². The molecule has 0 aliphatic heterocycles. The molecule has 2 bridgehead atoms. The van der Waals surface area contributed by atoms with E-state index in [0.29, 0.717) is 17.5 Å². The van der Waals surface area contributed by atoms with Crippen LogP contribution in [0.1, 0.15) is 12.8 Å². The number of fused-ring (bicyclic) bond motifs is 2.